The van der Waals surface area contributed by atoms with Gasteiger partial charge >= 0.3 is 0 Å². The van der Waals surface area contributed by atoms with Crippen LogP contribution >= 0.6 is 11.8 Å². The van der Waals surface area contributed by atoms with Crippen molar-refractivity contribution in [3.05, 3.63) is 319 Å². The van der Waals surface area contributed by atoms with E-state index >= 15 is 0 Å². The van der Waals surface area contributed by atoms with Crippen molar-refractivity contribution in [2.24, 2.45) is 0 Å². The second-order valence-corrected chi connectivity index (χ2v) is 24.8. The van der Waals surface area contributed by atoms with Gasteiger partial charge in [0.1, 0.15) is 0 Å². The highest BCUT2D eigenvalue weighted by molar-refractivity contribution is 7.99. The van der Waals surface area contributed by atoms with Crippen LogP contribution < -0.4 is 20.7 Å². The largest absolute Gasteiger partial charge is 0.309 e. The van der Waals surface area contributed by atoms with Crippen molar-refractivity contribution >= 4 is 84.2 Å². The molecule has 1 spiro atoms. The van der Waals surface area contributed by atoms with Crippen molar-refractivity contribution in [2.75, 3.05) is 0 Å². The lowest BCUT2D eigenvalue weighted by molar-refractivity contribution is 0.723. The molecule has 0 bridgehead atoms. The van der Waals surface area contributed by atoms with Crippen molar-refractivity contribution in [3.8, 4) is 45.5 Å². The molecule has 0 unspecified atom stereocenters. The highest BCUT2D eigenvalue weighted by Crippen LogP contribution is 2.62. The van der Waals surface area contributed by atoms with Gasteiger partial charge in [-0.2, -0.15) is 9.97 Å². The van der Waals surface area contributed by atoms with Crippen LogP contribution in [0.3, 0.4) is 0 Å². The highest BCUT2D eigenvalue weighted by atomic mass is 32.2. The smallest absolute Gasteiger partial charge is 0.238 e. The average molecular weight is 1120 g/mol. The second kappa shape index (κ2) is 18.7. The summed E-state index contributed by atoms with van der Waals surface area (Å²) in [6.45, 7) is 0. The minimum atomic E-state index is -4.50. The summed E-state index contributed by atoms with van der Waals surface area (Å²) in [6, 6.07) is 29.0. The van der Waals surface area contributed by atoms with Gasteiger partial charge < -0.3 is 4.57 Å². The summed E-state index contributed by atoms with van der Waals surface area (Å²) in [7, 11) is -4.50. The van der Waals surface area contributed by atoms with Crippen LogP contribution in [0.25, 0.3) is 89.2 Å². The molecule has 2 aliphatic rings. The van der Waals surface area contributed by atoms with Crippen molar-refractivity contribution in [1.82, 2.24) is 24.1 Å². The summed E-state index contributed by atoms with van der Waals surface area (Å²) in [5.74, 6) is -2.54. The van der Waals surface area contributed by atoms with E-state index in [-0.39, 0.29) is 5.19 Å². The lowest BCUT2D eigenvalue weighted by Crippen LogP contribution is -2.74. The maximum atomic E-state index is 11.2. The summed E-state index contributed by atoms with van der Waals surface area (Å²) in [5.41, 5.74) is 0.338. The van der Waals surface area contributed by atoms with Crippen LogP contribution in [0.4, 0.5) is 0 Å². The van der Waals surface area contributed by atoms with Gasteiger partial charge in [-0.1, -0.05) is 260 Å². The molecule has 388 valence electrons. The molecule has 0 radical (unpaired) electrons. The predicted molar refractivity (Wildman–Crippen MR) is 344 cm³/mol. The number of fused-ring (bicyclic) bond motifs is 15. The number of aromatic nitrogens is 5. The van der Waals surface area contributed by atoms with Crippen molar-refractivity contribution in [2.45, 2.75) is 15.2 Å². The van der Waals surface area contributed by atoms with Gasteiger partial charge in [-0.3, -0.25) is 4.57 Å². The maximum Gasteiger partial charge on any atom is 0.238 e. The molecule has 83 heavy (non-hydrogen) atoms. The Bertz CT molecular complexity index is 6330. The van der Waals surface area contributed by atoms with Crippen LogP contribution in [-0.4, -0.2) is 32.2 Å². The average Bonchev–Trinajstić information content (AvgIpc) is 1.61. The fraction of sp³-hybridized carbons (Fsp3) is 0.0132. The summed E-state index contributed by atoms with van der Waals surface area (Å²) in [4.78, 5) is 16.7. The molecule has 4 heterocycles. The summed E-state index contributed by atoms with van der Waals surface area (Å²) >= 11 is 1.59. The molecule has 17 rings (SSSR count). The first-order valence-electron chi connectivity index (χ1n) is 38.4. The van der Waals surface area contributed by atoms with Crippen molar-refractivity contribution in [1.29, 1.82) is 0 Å². The molecule has 0 saturated heterocycles. The second-order valence-electron chi connectivity index (χ2n) is 20.0. The molecular formula is C76H49N5SSi. The summed E-state index contributed by atoms with van der Waals surface area (Å²) < 4.78 is 230. The lowest BCUT2D eigenvalue weighted by atomic mass is 9.67. The number of hydrogen-bond acceptors (Lipinski definition) is 4. The van der Waals surface area contributed by atoms with E-state index in [4.69, 9.17) is 25.9 Å². The Morgan fingerprint density at radius 3 is 1.47 bits per heavy atom. The summed E-state index contributed by atoms with van der Waals surface area (Å²) in [5, 5.41) is -0.204. The maximum absolute atomic E-state index is 11.2. The molecule has 12 aromatic carbocycles. The standard InChI is InChI=1S/C76H49N5SSi/c1-3-25-51(26-4-1)83(52-27-5-2-6-28-52,54-46-47-72-65(49-54)76(64-39-16-22-45-71(64)82-72)62-37-14-7-30-55(62)56-31-8-15-38-63(56)76)53-29-23-24-50(48-53)73-77-74(79-75(78-73)81-68-42-19-11-34-59(68)60-35-12-20-43-69(60)81)61-36-13-21-44-70(61)80-66-40-17-9-32-57(66)58-33-10-18-41-67(58)80/h1-49H/i9D,10D,11D,12D,13D,17D,18D,19D,20D,21D,23D,24D,29D,32D,33D,34D,35D,36D,40D,41D,42D,43D,44D,48D. The Balaban J connectivity index is 1.06. The van der Waals surface area contributed by atoms with E-state index in [9.17, 15) is 21.9 Å². The number of hydrogen-bond donors (Lipinski definition) is 0. The van der Waals surface area contributed by atoms with Crippen molar-refractivity contribution in [3.63, 3.8) is 0 Å². The molecule has 1 aliphatic heterocycles. The van der Waals surface area contributed by atoms with E-state index in [1.807, 2.05) is 109 Å². The molecule has 0 fully saturated rings. The first-order chi connectivity index (χ1) is 51.1. The molecular weight excluding hydrogens is 1040 g/mol. The van der Waals surface area contributed by atoms with E-state index in [0.717, 1.165) is 52.3 Å². The molecule has 1 aliphatic carbocycles. The third-order valence-electron chi connectivity index (χ3n) is 15.9. The predicted octanol–water partition coefficient (Wildman–Crippen LogP) is 15.6. The van der Waals surface area contributed by atoms with Crippen LogP contribution in [0, 0.1) is 0 Å². The van der Waals surface area contributed by atoms with Gasteiger partial charge in [0.25, 0.3) is 0 Å². The van der Waals surface area contributed by atoms with Crippen molar-refractivity contribution < 1.29 is 32.9 Å². The monoisotopic (exact) mass is 1120 g/mol. The van der Waals surface area contributed by atoms with E-state index in [1.54, 1.807) is 11.8 Å². The highest BCUT2D eigenvalue weighted by Gasteiger charge is 2.51. The molecule has 5 nitrogen and oxygen atoms in total. The Hall–Kier alpha value is -10.2. The van der Waals surface area contributed by atoms with Crippen LogP contribution in [-0.2, 0) is 5.41 Å². The SMILES string of the molecule is [2H]c1c([2H])c([2H])c(-n2c3c([2H])c([2H])c([2H])c([2H])c3c3c([2H])c([2H])c([2H])c([2H])c32)c(-c2nc(-c3c([2H])c([2H])c([2H])c([Si](c4ccccc4)(c4ccccc4)c4ccc5c(c4)C4(c6ccccc6S5)c5ccccc5-c5ccccc54)c3[2H])nc(-n3c4c([2H])c([2H])c([2H])c([2H])c4c4c([2H])c([2H])c([2H])c([2H])c43)n2)c1[2H]. The lowest BCUT2D eigenvalue weighted by Gasteiger charge is -2.41. The molecule has 15 aromatic rings. The number of nitrogens with zero attached hydrogens (tertiary/aromatic N) is 5. The molecule has 0 amide bonds. The van der Waals surface area contributed by atoms with E-state index in [2.05, 4.69) is 42.5 Å². The Kier molecular flexibility index (Phi) is 6.64. The van der Waals surface area contributed by atoms with Crippen LogP contribution in [0.2, 0.25) is 0 Å². The number of benzene rings is 12. The van der Waals surface area contributed by atoms with E-state index in [1.165, 1.54) is 0 Å². The molecule has 3 aromatic heterocycles. The van der Waals surface area contributed by atoms with E-state index < -0.39 is 237 Å². The minimum absolute atomic E-state index is 0.0875. The minimum Gasteiger partial charge on any atom is -0.309 e. The van der Waals surface area contributed by atoms with Gasteiger partial charge in [-0.15, -0.1) is 0 Å². The molecule has 0 N–H and O–H groups in total. The normalized spacial score (nSPS) is 17.2. The third-order valence-corrected chi connectivity index (χ3v) is 21.6. The zero-order chi connectivity index (χ0) is 75.5. The Morgan fingerprint density at radius 1 is 0.361 bits per heavy atom. The van der Waals surface area contributed by atoms with E-state index in [0.29, 0.717) is 15.6 Å². The van der Waals surface area contributed by atoms with Crippen LogP contribution in [0.1, 0.15) is 55.2 Å². The molecule has 7 heteroatoms. The van der Waals surface area contributed by atoms with Gasteiger partial charge in [-0.25, -0.2) is 4.98 Å². The van der Waals surface area contributed by atoms with Crippen LogP contribution in [0.5, 0.6) is 0 Å². The first kappa shape index (κ1) is 29.5. The topological polar surface area (TPSA) is 48.5 Å². The molecule has 0 saturated carbocycles. The van der Waals surface area contributed by atoms with Gasteiger partial charge in [-0.05, 0) is 103 Å². The summed E-state index contributed by atoms with van der Waals surface area (Å²) in [6.07, 6.45) is 0. The third kappa shape index (κ3) is 6.93. The fourth-order valence-corrected chi connectivity index (χ4v) is 18.3. The number of rotatable bonds is 8. The van der Waals surface area contributed by atoms with Gasteiger partial charge in [0, 0.05) is 42.5 Å². The zero-order valence-corrected chi connectivity index (χ0v) is 44.9. The van der Waals surface area contributed by atoms with Gasteiger partial charge in [0.2, 0.25) is 5.95 Å². The Labute approximate surface area is 519 Å². The first-order valence-corrected chi connectivity index (χ1v) is 29.2. The molecule has 0 atom stereocenters. The van der Waals surface area contributed by atoms with Gasteiger partial charge in [0.15, 0.2) is 19.7 Å². The zero-order valence-electron chi connectivity index (χ0n) is 67.1. The van der Waals surface area contributed by atoms with Gasteiger partial charge in [0.05, 0.1) is 66.1 Å². The Morgan fingerprint density at radius 2 is 0.855 bits per heavy atom. The number of para-hydroxylation sites is 5. The quantitative estimate of drug-likeness (QED) is 0.112. The fourth-order valence-electron chi connectivity index (χ4n) is 12.6. The van der Waals surface area contributed by atoms with Crippen LogP contribution in [0.15, 0.2) is 306 Å².